The van der Waals surface area contributed by atoms with E-state index in [1.54, 1.807) is 0 Å². The van der Waals surface area contributed by atoms with Crippen LogP contribution in [0.1, 0.15) is 46.0 Å². The van der Waals surface area contributed by atoms with Gasteiger partial charge in [0.25, 0.3) is 0 Å². The third-order valence-corrected chi connectivity index (χ3v) is 4.16. The number of likely N-dealkylation sites (tertiary alicyclic amines) is 1. The Hall–Kier alpha value is -0.770. The summed E-state index contributed by atoms with van der Waals surface area (Å²) < 4.78 is 0. The molecule has 0 aromatic carbocycles. The molecule has 1 atom stereocenters. The molecule has 104 valence electrons. The lowest BCUT2D eigenvalue weighted by Crippen LogP contribution is -2.46. The number of aliphatic imine (C=N–C) groups is 1. The van der Waals surface area contributed by atoms with E-state index in [2.05, 4.69) is 29.4 Å². The summed E-state index contributed by atoms with van der Waals surface area (Å²) in [4.78, 5) is 7.32. The fourth-order valence-corrected chi connectivity index (χ4v) is 2.78. The van der Waals surface area contributed by atoms with Crippen LogP contribution in [-0.4, -0.2) is 49.1 Å². The molecule has 4 nitrogen and oxygen atoms in total. The van der Waals surface area contributed by atoms with Crippen LogP contribution in [0.2, 0.25) is 0 Å². The second kappa shape index (κ2) is 6.98. The van der Waals surface area contributed by atoms with E-state index in [1.165, 1.54) is 38.6 Å². The van der Waals surface area contributed by atoms with E-state index in [-0.39, 0.29) is 0 Å². The fraction of sp³-hybridized carbons (Fsp3) is 0.929. The summed E-state index contributed by atoms with van der Waals surface area (Å²) in [6.07, 6.45) is 6.61. The van der Waals surface area contributed by atoms with Crippen molar-refractivity contribution in [2.24, 2.45) is 4.99 Å². The van der Waals surface area contributed by atoms with Crippen LogP contribution in [0, 0.1) is 0 Å². The van der Waals surface area contributed by atoms with Gasteiger partial charge in [-0.25, -0.2) is 0 Å². The van der Waals surface area contributed by atoms with Crippen molar-refractivity contribution in [1.29, 1.82) is 0 Å². The van der Waals surface area contributed by atoms with Gasteiger partial charge < -0.3 is 10.6 Å². The Labute approximate surface area is 111 Å². The first-order valence-corrected chi connectivity index (χ1v) is 7.62. The summed E-state index contributed by atoms with van der Waals surface area (Å²) >= 11 is 0. The van der Waals surface area contributed by atoms with Gasteiger partial charge in [0, 0.05) is 18.6 Å². The molecule has 1 heterocycles. The molecular weight excluding hydrogens is 224 g/mol. The van der Waals surface area contributed by atoms with E-state index < -0.39 is 0 Å². The molecule has 2 fully saturated rings. The summed E-state index contributed by atoms with van der Waals surface area (Å²) in [6, 6.07) is 1.32. The lowest BCUT2D eigenvalue weighted by molar-refractivity contribution is 0.272. The van der Waals surface area contributed by atoms with Crippen molar-refractivity contribution in [2.75, 3.05) is 26.2 Å². The Balaban J connectivity index is 1.82. The van der Waals surface area contributed by atoms with Gasteiger partial charge in [-0.1, -0.05) is 6.92 Å². The number of hydrogen-bond donors (Lipinski definition) is 2. The fourth-order valence-electron chi connectivity index (χ4n) is 2.78. The highest BCUT2D eigenvalue weighted by Gasteiger charge is 2.23. The van der Waals surface area contributed by atoms with Gasteiger partial charge in [0.2, 0.25) is 0 Å². The maximum absolute atomic E-state index is 4.77. The minimum Gasteiger partial charge on any atom is -0.357 e. The van der Waals surface area contributed by atoms with Crippen LogP contribution in [-0.2, 0) is 0 Å². The lowest BCUT2D eigenvalue weighted by atomic mass is 9.93. The Bertz CT molecular complexity index is 273. The molecule has 1 saturated heterocycles. The largest absolute Gasteiger partial charge is 0.357 e. The summed E-state index contributed by atoms with van der Waals surface area (Å²) in [5.74, 6) is 1.02. The Kier molecular flexibility index (Phi) is 5.29. The molecular formula is C14H28N4. The second-order valence-electron chi connectivity index (χ2n) is 5.42. The molecule has 1 aliphatic carbocycles. The van der Waals surface area contributed by atoms with Gasteiger partial charge in [0.1, 0.15) is 0 Å². The van der Waals surface area contributed by atoms with Gasteiger partial charge in [-0.15, -0.1) is 0 Å². The summed E-state index contributed by atoms with van der Waals surface area (Å²) in [6.45, 7) is 8.68. The minimum atomic E-state index is 0.659. The quantitative estimate of drug-likeness (QED) is 0.576. The number of nitrogens with one attached hydrogen (secondary N) is 2. The predicted molar refractivity (Wildman–Crippen MR) is 77.0 cm³/mol. The van der Waals surface area contributed by atoms with E-state index in [4.69, 9.17) is 4.99 Å². The van der Waals surface area contributed by atoms with E-state index in [1.807, 2.05) is 0 Å². The SMILES string of the molecule is CCNC(=NCC1CCCN1CC)NC1CCC1. The van der Waals surface area contributed by atoms with Crippen molar-refractivity contribution in [3.8, 4) is 0 Å². The van der Waals surface area contributed by atoms with Crippen molar-refractivity contribution in [1.82, 2.24) is 15.5 Å². The maximum atomic E-state index is 4.77. The molecule has 0 radical (unpaired) electrons. The van der Waals surface area contributed by atoms with Crippen LogP contribution in [0.15, 0.2) is 4.99 Å². The maximum Gasteiger partial charge on any atom is 0.191 e. The predicted octanol–water partition coefficient (Wildman–Crippen LogP) is 1.58. The first-order chi connectivity index (χ1) is 8.83. The van der Waals surface area contributed by atoms with Crippen LogP contribution in [0.4, 0.5) is 0 Å². The van der Waals surface area contributed by atoms with Crippen molar-refractivity contribution in [3.05, 3.63) is 0 Å². The standard InChI is InChI=1S/C14H28N4/c1-3-15-14(17-12-7-5-8-12)16-11-13-9-6-10-18(13)4-2/h12-13H,3-11H2,1-2H3,(H2,15,16,17). The van der Waals surface area contributed by atoms with E-state index in [9.17, 15) is 0 Å². The molecule has 18 heavy (non-hydrogen) atoms. The van der Waals surface area contributed by atoms with E-state index in [0.717, 1.165) is 25.6 Å². The van der Waals surface area contributed by atoms with E-state index in [0.29, 0.717) is 12.1 Å². The van der Waals surface area contributed by atoms with E-state index >= 15 is 0 Å². The highest BCUT2D eigenvalue weighted by Crippen LogP contribution is 2.18. The average Bonchev–Trinajstić information content (AvgIpc) is 2.77. The van der Waals surface area contributed by atoms with Gasteiger partial charge in [0.05, 0.1) is 6.54 Å². The van der Waals surface area contributed by atoms with Crippen LogP contribution < -0.4 is 10.6 Å². The summed E-state index contributed by atoms with van der Waals surface area (Å²) in [5, 5.41) is 6.89. The summed E-state index contributed by atoms with van der Waals surface area (Å²) in [7, 11) is 0. The molecule has 4 heteroatoms. The monoisotopic (exact) mass is 252 g/mol. The minimum absolute atomic E-state index is 0.659. The normalized spacial score (nSPS) is 26.1. The smallest absolute Gasteiger partial charge is 0.191 e. The van der Waals surface area contributed by atoms with Crippen molar-refractivity contribution >= 4 is 5.96 Å². The van der Waals surface area contributed by atoms with Gasteiger partial charge in [-0.05, 0) is 52.1 Å². The van der Waals surface area contributed by atoms with Gasteiger partial charge in [-0.3, -0.25) is 9.89 Å². The Morgan fingerprint density at radius 2 is 2.06 bits per heavy atom. The molecule has 2 aliphatic rings. The molecule has 0 aromatic rings. The van der Waals surface area contributed by atoms with Crippen molar-refractivity contribution in [2.45, 2.75) is 58.0 Å². The second-order valence-corrected chi connectivity index (χ2v) is 5.42. The van der Waals surface area contributed by atoms with Crippen LogP contribution in [0.5, 0.6) is 0 Å². The molecule has 0 amide bonds. The first-order valence-electron chi connectivity index (χ1n) is 7.62. The molecule has 2 rings (SSSR count). The molecule has 1 unspecified atom stereocenters. The molecule has 1 aliphatic heterocycles. The summed E-state index contributed by atoms with van der Waals surface area (Å²) in [5.41, 5.74) is 0. The van der Waals surface area contributed by atoms with Gasteiger partial charge in [0.15, 0.2) is 5.96 Å². The van der Waals surface area contributed by atoms with Crippen molar-refractivity contribution < 1.29 is 0 Å². The molecule has 1 saturated carbocycles. The Morgan fingerprint density at radius 3 is 2.67 bits per heavy atom. The zero-order valence-corrected chi connectivity index (χ0v) is 11.9. The topological polar surface area (TPSA) is 39.7 Å². The molecule has 0 aromatic heterocycles. The van der Waals surface area contributed by atoms with Gasteiger partial charge in [-0.2, -0.15) is 0 Å². The number of rotatable bonds is 5. The zero-order chi connectivity index (χ0) is 12.8. The van der Waals surface area contributed by atoms with Crippen molar-refractivity contribution in [3.63, 3.8) is 0 Å². The Morgan fingerprint density at radius 1 is 1.22 bits per heavy atom. The lowest BCUT2D eigenvalue weighted by Gasteiger charge is -2.28. The molecule has 0 bridgehead atoms. The molecule has 2 N–H and O–H groups in total. The van der Waals surface area contributed by atoms with Crippen LogP contribution >= 0.6 is 0 Å². The highest BCUT2D eigenvalue weighted by atomic mass is 15.2. The number of guanidine groups is 1. The van der Waals surface area contributed by atoms with Crippen LogP contribution in [0.25, 0.3) is 0 Å². The number of likely N-dealkylation sites (N-methyl/N-ethyl adjacent to an activating group) is 1. The first kappa shape index (κ1) is 13.7. The third kappa shape index (κ3) is 3.61. The zero-order valence-electron chi connectivity index (χ0n) is 11.9. The average molecular weight is 252 g/mol. The number of hydrogen-bond acceptors (Lipinski definition) is 2. The van der Waals surface area contributed by atoms with Gasteiger partial charge >= 0.3 is 0 Å². The number of nitrogens with zero attached hydrogens (tertiary/aromatic N) is 2. The highest BCUT2D eigenvalue weighted by molar-refractivity contribution is 5.80. The molecule has 0 spiro atoms. The van der Waals surface area contributed by atoms with Crippen LogP contribution in [0.3, 0.4) is 0 Å². The third-order valence-electron chi connectivity index (χ3n) is 4.16.